The highest BCUT2D eigenvalue weighted by molar-refractivity contribution is 7.83. The molecule has 2 fully saturated rings. The van der Waals surface area contributed by atoms with Crippen LogP contribution in [0, 0.1) is 11.7 Å². The first-order valence-corrected chi connectivity index (χ1v) is 11.6. The molecule has 2 unspecified atom stereocenters. The van der Waals surface area contributed by atoms with Crippen molar-refractivity contribution < 1.29 is 27.7 Å². The lowest BCUT2D eigenvalue weighted by Gasteiger charge is -2.17. The van der Waals surface area contributed by atoms with Crippen molar-refractivity contribution in [1.82, 2.24) is 14.9 Å². The van der Waals surface area contributed by atoms with Crippen LogP contribution in [0.1, 0.15) is 43.7 Å². The fourth-order valence-electron chi connectivity index (χ4n) is 3.16. The van der Waals surface area contributed by atoms with Crippen LogP contribution >= 0.6 is 0 Å². The van der Waals surface area contributed by atoms with Gasteiger partial charge in [-0.25, -0.2) is 18.1 Å². The Balaban J connectivity index is 1.45. The first-order valence-electron chi connectivity index (χ1n) is 10.3. The Morgan fingerprint density at radius 3 is 2.74 bits per heavy atom. The van der Waals surface area contributed by atoms with Gasteiger partial charge in [0, 0.05) is 12.3 Å². The molecule has 1 saturated heterocycles. The van der Waals surface area contributed by atoms with Crippen LogP contribution in [-0.2, 0) is 20.6 Å². The molecule has 9 nitrogen and oxygen atoms in total. The summed E-state index contributed by atoms with van der Waals surface area (Å²) in [5.41, 5.74) is 5.85. The minimum absolute atomic E-state index is 0.0488. The Kier molecular flexibility index (Phi) is 7.97. The summed E-state index contributed by atoms with van der Waals surface area (Å²) in [5, 5.41) is 2.21. The number of primary amides is 1. The minimum atomic E-state index is -1.53. The lowest BCUT2D eigenvalue weighted by atomic mass is 10.1. The Bertz CT molecular complexity index is 864. The van der Waals surface area contributed by atoms with Crippen molar-refractivity contribution in [1.29, 1.82) is 0 Å². The molecule has 4 N–H and O–H groups in total. The highest BCUT2D eigenvalue weighted by Crippen LogP contribution is 2.31. The van der Waals surface area contributed by atoms with Gasteiger partial charge in [0.15, 0.2) is 11.6 Å². The van der Waals surface area contributed by atoms with E-state index in [0.29, 0.717) is 43.9 Å². The average molecular weight is 455 g/mol. The minimum Gasteiger partial charge on any atom is -0.490 e. The average Bonchev–Trinajstić information content (AvgIpc) is 3.49. The van der Waals surface area contributed by atoms with Crippen LogP contribution in [0.2, 0.25) is 0 Å². The molecule has 4 amide bonds. The number of carbonyl (C=O) groups excluding carboxylic acids is 3. The fraction of sp³-hybridized carbons (Fsp3) is 0.550. The molecule has 3 rings (SSSR count). The number of hydrogen-bond acceptors (Lipinski definition) is 5. The third-order valence-electron chi connectivity index (χ3n) is 5.12. The van der Waals surface area contributed by atoms with E-state index in [-0.39, 0.29) is 30.0 Å². The Morgan fingerprint density at radius 2 is 2.10 bits per heavy atom. The number of carbonyl (C=O) groups is 3. The fourth-order valence-corrected chi connectivity index (χ4v) is 4.26. The number of nitrogens with zero attached hydrogens (tertiary/aromatic N) is 1. The smallest absolute Gasteiger partial charge is 0.324 e. The molecule has 0 radical (unpaired) electrons. The number of halogens is 1. The predicted octanol–water partition coefficient (Wildman–Crippen LogP) is 1.12. The molecule has 1 saturated carbocycles. The van der Waals surface area contributed by atoms with Gasteiger partial charge in [-0.05, 0) is 49.3 Å². The third kappa shape index (κ3) is 7.00. The number of unbranched alkanes of at least 4 members (excludes halogenated alkanes) is 2. The summed E-state index contributed by atoms with van der Waals surface area (Å²) < 4.78 is 34.6. The van der Waals surface area contributed by atoms with Gasteiger partial charge in [-0.3, -0.25) is 14.9 Å². The molecular weight excluding hydrogens is 427 g/mol. The van der Waals surface area contributed by atoms with Gasteiger partial charge in [0.25, 0.3) is 0 Å². The van der Waals surface area contributed by atoms with Crippen molar-refractivity contribution in [3.8, 4) is 5.75 Å². The van der Waals surface area contributed by atoms with E-state index in [2.05, 4.69) is 10.0 Å². The maximum atomic E-state index is 14.0. The standard InChI is InChI=1S/C20H27FN4O5S/c21-15-7-6-14(10-16(15)30-12-13-4-5-13)18(19(22)27)24-31(29)9-3-1-2-8-25-11-17(26)23-20(25)28/h6-7,10,13,18,24H,1-5,8-9,11-12H2,(H2,22,27)(H,23,26,28). The van der Waals surface area contributed by atoms with Crippen LogP contribution in [0.4, 0.5) is 9.18 Å². The highest BCUT2D eigenvalue weighted by atomic mass is 32.2. The molecule has 1 aliphatic heterocycles. The van der Waals surface area contributed by atoms with Crippen LogP contribution in [-0.4, -0.2) is 52.4 Å². The van der Waals surface area contributed by atoms with Gasteiger partial charge in [0.2, 0.25) is 11.8 Å². The molecule has 1 aromatic rings. The summed E-state index contributed by atoms with van der Waals surface area (Å²) in [5.74, 6) is -0.788. The van der Waals surface area contributed by atoms with Crippen LogP contribution in [0.15, 0.2) is 18.2 Å². The Labute approximate surface area is 182 Å². The van der Waals surface area contributed by atoms with E-state index in [9.17, 15) is 23.0 Å². The molecule has 0 aromatic heterocycles. The number of urea groups is 1. The second kappa shape index (κ2) is 10.7. The molecule has 11 heteroatoms. The van der Waals surface area contributed by atoms with E-state index in [1.165, 1.54) is 23.1 Å². The lowest BCUT2D eigenvalue weighted by Crippen LogP contribution is -2.35. The molecular formula is C20H27FN4O5S. The van der Waals surface area contributed by atoms with Crippen LogP contribution in [0.5, 0.6) is 5.75 Å². The van der Waals surface area contributed by atoms with Crippen molar-refractivity contribution >= 4 is 28.8 Å². The van der Waals surface area contributed by atoms with Gasteiger partial charge in [0.05, 0.1) is 17.6 Å². The van der Waals surface area contributed by atoms with Gasteiger partial charge in [0.1, 0.15) is 12.6 Å². The number of benzene rings is 1. The van der Waals surface area contributed by atoms with Crippen molar-refractivity contribution in [2.75, 3.05) is 25.4 Å². The molecule has 0 spiro atoms. The second-order valence-electron chi connectivity index (χ2n) is 7.78. The number of nitrogens with two attached hydrogens (primary N) is 1. The number of nitrogens with one attached hydrogen (secondary N) is 2. The van der Waals surface area contributed by atoms with E-state index < -0.39 is 28.8 Å². The van der Waals surface area contributed by atoms with Crippen molar-refractivity contribution in [2.24, 2.45) is 11.7 Å². The van der Waals surface area contributed by atoms with Crippen LogP contribution in [0.3, 0.4) is 0 Å². The van der Waals surface area contributed by atoms with Crippen molar-refractivity contribution in [3.05, 3.63) is 29.6 Å². The van der Waals surface area contributed by atoms with Gasteiger partial charge in [-0.15, -0.1) is 0 Å². The number of rotatable bonds is 13. The summed E-state index contributed by atoms with van der Waals surface area (Å²) >= 11 is 0. The van der Waals surface area contributed by atoms with Crippen LogP contribution < -0.4 is 20.5 Å². The number of hydrogen-bond donors (Lipinski definition) is 3. The van der Waals surface area contributed by atoms with E-state index in [4.69, 9.17) is 10.5 Å². The molecule has 170 valence electrons. The predicted molar refractivity (Wildman–Crippen MR) is 112 cm³/mol. The van der Waals surface area contributed by atoms with Gasteiger partial charge >= 0.3 is 6.03 Å². The normalized spacial score (nSPS) is 18.0. The van der Waals surface area contributed by atoms with Crippen molar-refractivity contribution in [3.63, 3.8) is 0 Å². The zero-order chi connectivity index (χ0) is 22.4. The second-order valence-corrected chi connectivity index (χ2v) is 9.12. The Morgan fingerprint density at radius 1 is 1.32 bits per heavy atom. The van der Waals surface area contributed by atoms with Crippen LogP contribution in [0.25, 0.3) is 0 Å². The third-order valence-corrected chi connectivity index (χ3v) is 6.28. The topological polar surface area (TPSA) is 131 Å². The maximum absolute atomic E-state index is 14.0. The quantitative estimate of drug-likeness (QED) is 0.304. The summed E-state index contributed by atoms with van der Waals surface area (Å²) in [6.45, 7) is 0.936. The van der Waals surface area contributed by atoms with Crippen molar-refractivity contribution in [2.45, 2.75) is 38.1 Å². The number of ether oxygens (including phenoxy) is 1. The zero-order valence-corrected chi connectivity index (χ0v) is 17.9. The lowest BCUT2D eigenvalue weighted by molar-refractivity contribution is -0.120. The first-order chi connectivity index (χ1) is 14.8. The van der Waals surface area contributed by atoms with Gasteiger partial charge in [-0.1, -0.05) is 12.5 Å². The zero-order valence-electron chi connectivity index (χ0n) is 17.1. The summed E-state index contributed by atoms with van der Waals surface area (Å²) in [6.07, 6.45) is 4.08. The van der Waals surface area contributed by atoms with E-state index in [1.807, 2.05) is 0 Å². The summed E-state index contributed by atoms with van der Waals surface area (Å²) in [6, 6.07) is 2.61. The summed E-state index contributed by atoms with van der Waals surface area (Å²) in [7, 11) is -1.53. The molecule has 1 aromatic carbocycles. The highest BCUT2D eigenvalue weighted by Gasteiger charge is 2.26. The maximum Gasteiger partial charge on any atom is 0.324 e. The number of amides is 4. The van der Waals surface area contributed by atoms with Gasteiger partial charge < -0.3 is 15.4 Å². The molecule has 1 heterocycles. The molecule has 0 bridgehead atoms. The monoisotopic (exact) mass is 454 g/mol. The van der Waals surface area contributed by atoms with E-state index in [0.717, 1.165) is 12.8 Å². The van der Waals surface area contributed by atoms with E-state index >= 15 is 0 Å². The molecule has 31 heavy (non-hydrogen) atoms. The SMILES string of the molecule is NC(=O)C(NS(=O)CCCCCN1CC(=O)NC1=O)c1ccc(F)c(OCC2CC2)c1. The first kappa shape index (κ1) is 23.1. The molecule has 2 aliphatic rings. The largest absolute Gasteiger partial charge is 0.490 e. The Hall–Kier alpha value is -2.53. The molecule has 2 atom stereocenters. The molecule has 1 aliphatic carbocycles. The van der Waals surface area contributed by atoms with Gasteiger partial charge in [-0.2, -0.15) is 0 Å². The van der Waals surface area contributed by atoms with E-state index in [1.54, 1.807) is 0 Å². The number of imide groups is 1. The summed E-state index contributed by atoms with van der Waals surface area (Å²) in [4.78, 5) is 35.9.